The van der Waals surface area contributed by atoms with Crippen LogP contribution in [0.3, 0.4) is 0 Å². The first-order valence-corrected chi connectivity index (χ1v) is 6.71. The minimum absolute atomic E-state index is 0.00974. The molecule has 2 fully saturated rings. The maximum atomic E-state index is 12.7. The third kappa shape index (κ3) is 2.43. The molecule has 3 rings (SSSR count). The van der Waals surface area contributed by atoms with Crippen molar-refractivity contribution in [1.29, 1.82) is 0 Å². The van der Waals surface area contributed by atoms with Gasteiger partial charge in [-0.15, -0.1) is 0 Å². The topological polar surface area (TPSA) is 58.1 Å². The maximum Gasteiger partial charge on any atom is 0.433 e. The molecule has 5 nitrogen and oxygen atoms in total. The van der Waals surface area contributed by atoms with Gasteiger partial charge < -0.3 is 10.2 Å². The fraction of sp³-hybridized carbons (Fsp3) is 0.615. The van der Waals surface area contributed by atoms with Crippen LogP contribution in [-0.2, 0) is 11.0 Å². The standard InChI is InChI=1S/C13H15F3N4O/c1-17-11(21)8-5-12(8)2-3-20(6-12)10-4-9(13(14,15)16)18-7-19-10/h4,7-8H,2-3,5-6H2,1H3,(H,17,21). The number of halogens is 3. The lowest BCUT2D eigenvalue weighted by Gasteiger charge is -2.18. The lowest BCUT2D eigenvalue weighted by atomic mass is 10.0. The van der Waals surface area contributed by atoms with Crippen LogP contribution in [0.1, 0.15) is 18.5 Å². The van der Waals surface area contributed by atoms with Gasteiger partial charge in [0, 0.05) is 37.5 Å². The molecule has 8 heteroatoms. The number of hydrogen-bond donors (Lipinski definition) is 1. The van der Waals surface area contributed by atoms with Crippen molar-refractivity contribution in [3.05, 3.63) is 18.1 Å². The monoisotopic (exact) mass is 300 g/mol. The van der Waals surface area contributed by atoms with E-state index in [1.54, 1.807) is 11.9 Å². The highest BCUT2D eigenvalue weighted by molar-refractivity contribution is 5.82. The zero-order valence-electron chi connectivity index (χ0n) is 11.4. The molecule has 2 atom stereocenters. The summed E-state index contributed by atoms with van der Waals surface area (Å²) in [7, 11) is 1.60. The van der Waals surface area contributed by atoms with Crippen molar-refractivity contribution in [1.82, 2.24) is 15.3 Å². The average Bonchev–Trinajstić information content (AvgIpc) is 2.98. The summed E-state index contributed by atoms with van der Waals surface area (Å²) in [5.41, 5.74) is -1.03. The van der Waals surface area contributed by atoms with Crippen LogP contribution >= 0.6 is 0 Å². The van der Waals surface area contributed by atoms with E-state index < -0.39 is 11.9 Å². The van der Waals surface area contributed by atoms with Crippen molar-refractivity contribution in [2.75, 3.05) is 25.0 Å². The Kier molecular flexibility index (Phi) is 3.07. The molecular weight excluding hydrogens is 285 g/mol. The van der Waals surface area contributed by atoms with Gasteiger partial charge in [0.2, 0.25) is 5.91 Å². The number of rotatable bonds is 2. The first-order chi connectivity index (χ1) is 9.86. The highest BCUT2D eigenvalue weighted by Crippen LogP contribution is 2.58. The van der Waals surface area contributed by atoms with E-state index in [0.717, 1.165) is 25.2 Å². The summed E-state index contributed by atoms with van der Waals surface area (Å²) in [4.78, 5) is 20.7. The quantitative estimate of drug-likeness (QED) is 0.898. The van der Waals surface area contributed by atoms with E-state index in [9.17, 15) is 18.0 Å². The molecule has 2 aliphatic rings. The number of nitrogens with zero attached hydrogens (tertiary/aromatic N) is 3. The van der Waals surface area contributed by atoms with E-state index in [4.69, 9.17) is 0 Å². The van der Waals surface area contributed by atoms with E-state index in [-0.39, 0.29) is 23.1 Å². The number of hydrogen-bond acceptors (Lipinski definition) is 4. The summed E-state index contributed by atoms with van der Waals surface area (Å²) < 4.78 is 38.0. The van der Waals surface area contributed by atoms with E-state index in [0.29, 0.717) is 13.1 Å². The van der Waals surface area contributed by atoms with Gasteiger partial charge in [0.1, 0.15) is 17.8 Å². The Hall–Kier alpha value is -1.86. The number of carbonyl (C=O) groups excluding carboxylic acids is 1. The van der Waals surface area contributed by atoms with Gasteiger partial charge in [-0.2, -0.15) is 13.2 Å². The number of nitrogens with one attached hydrogen (secondary N) is 1. The third-order valence-electron chi connectivity index (χ3n) is 4.41. The maximum absolute atomic E-state index is 12.7. The summed E-state index contributed by atoms with van der Waals surface area (Å²) in [6.07, 6.45) is -1.94. The normalized spacial score (nSPS) is 28.0. The van der Waals surface area contributed by atoms with Crippen molar-refractivity contribution < 1.29 is 18.0 Å². The van der Waals surface area contributed by atoms with Crippen molar-refractivity contribution in [3.8, 4) is 0 Å². The van der Waals surface area contributed by atoms with Crippen molar-refractivity contribution in [2.24, 2.45) is 11.3 Å². The Bertz CT molecular complexity index is 577. The van der Waals surface area contributed by atoms with Crippen LogP contribution < -0.4 is 10.2 Å². The van der Waals surface area contributed by atoms with E-state index >= 15 is 0 Å². The molecule has 2 heterocycles. The second kappa shape index (κ2) is 4.57. The minimum Gasteiger partial charge on any atom is -0.359 e. The lowest BCUT2D eigenvalue weighted by Crippen LogP contribution is -2.26. The summed E-state index contributed by atoms with van der Waals surface area (Å²) in [5.74, 6) is 0.253. The Morgan fingerprint density at radius 3 is 2.90 bits per heavy atom. The summed E-state index contributed by atoms with van der Waals surface area (Å²) in [5, 5.41) is 2.63. The molecule has 1 aromatic rings. The van der Waals surface area contributed by atoms with Crippen LogP contribution in [-0.4, -0.2) is 36.0 Å². The molecule has 0 bridgehead atoms. The summed E-state index contributed by atoms with van der Waals surface area (Å²) >= 11 is 0. The van der Waals surface area contributed by atoms with Crippen molar-refractivity contribution >= 4 is 11.7 Å². The smallest absolute Gasteiger partial charge is 0.359 e. The van der Waals surface area contributed by atoms with Crippen LogP contribution in [0.5, 0.6) is 0 Å². The molecule has 1 saturated carbocycles. The van der Waals surface area contributed by atoms with Gasteiger partial charge in [0.25, 0.3) is 0 Å². The molecule has 21 heavy (non-hydrogen) atoms. The zero-order valence-corrected chi connectivity index (χ0v) is 11.4. The summed E-state index contributed by atoms with van der Waals surface area (Å²) in [6.45, 7) is 1.18. The van der Waals surface area contributed by atoms with Gasteiger partial charge in [0.05, 0.1) is 0 Å². The first kappa shape index (κ1) is 14.1. The van der Waals surface area contributed by atoms with Crippen molar-refractivity contribution in [2.45, 2.75) is 19.0 Å². The molecule has 1 aliphatic heterocycles. The molecule has 1 aromatic heterocycles. The fourth-order valence-electron chi connectivity index (χ4n) is 3.11. The number of carbonyl (C=O) groups is 1. The SMILES string of the molecule is CNC(=O)C1CC12CCN(c1cc(C(F)(F)F)ncn1)C2. The molecule has 1 amide bonds. The lowest BCUT2D eigenvalue weighted by molar-refractivity contribution is -0.141. The number of alkyl halides is 3. The molecule has 1 saturated heterocycles. The van der Waals surface area contributed by atoms with Gasteiger partial charge in [-0.05, 0) is 12.8 Å². The second-order valence-corrected chi connectivity index (χ2v) is 5.66. The van der Waals surface area contributed by atoms with Crippen molar-refractivity contribution in [3.63, 3.8) is 0 Å². The largest absolute Gasteiger partial charge is 0.433 e. The molecular formula is C13H15F3N4O. The Morgan fingerprint density at radius 1 is 1.48 bits per heavy atom. The zero-order chi connectivity index (χ0) is 15.3. The highest BCUT2D eigenvalue weighted by Gasteiger charge is 2.60. The highest BCUT2D eigenvalue weighted by atomic mass is 19.4. The molecule has 1 N–H and O–H groups in total. The van der Waals surface area contributed by atoms with Gasteiger partial charge in [-0.25, -0.2) is 9.97 Å². The molecule has 1 spiro atoms. The van der Waals surface area contributed by atoms with E-state index in [1.165, 1.54) is 0 Å². The van der Waals surface area contributed by atoms with Gasteiger partial charge in [0.15, 0.2) is 0 Å². The van der Waals surface area contributed by atoms with Crippen LogP contribution in [0.15, 0.2) is 12.4 Å². The number of aromatic nitrogens is 2. The Labute approximate surface area is 119 Å². The predicted molar refractivity (Wildman–Crippen MR) is 68.5 cm³/mol. The van der Waals surface area contributed by atoms with E-state index in [2.05, 4.69) is 15.3 Å². The molecule has 2 unspecified atom stereocenters. The van der Waals surface area contributed by atoms with Gasteiger partial charge >= 0.3 is 6.18 Å². The second-order valence-electron chi connectivity index (χ2n) is 5.66. The summed E-state index contributed by atoms with van der Waals surface area (Å²) in [6, 6.07) is 0.969. The van der Waals surface area contributed by atoms with Crippen LogP contribution in [0.2, 0.25) is 0 Å². The molecule has 1 aliphatic carbocycles. The number of anilines is 1. The molecule has 0 aromatic carbocycles. The van der Waals surface area contributed by atoms with Gasteiger partial charge in [-0.1, -0.05) is 0 Å². The van der Waals surface area contributed by atoms with Crippen LogP contribution in [0.25, 0.3) is 0 Å². The predicted octanol–water partition coefficient (Wildman–Crippen LogP) is 1.46. The minimum atomic E-state index is -4.47. The Morgan fingerprint density at radius 2 is 2.24 bits per heavy atom. The fourth-order valence-corrected chi connectivity index (χ4v) is 3.11. The van der Waals surface area contributed by atoms with Gasteiger partial charge in [-0.3, -0.25) is 4.79 Å². The first-order valence-electron chi connectivity index (χ1n) is 6.71. The van der Waals surface area contributed by atoms with Crippen LogP contribution in [0.4, 0.5) is 19.0 Å². The Balaban J connectivity index is 1.75. The molecule has 0 radical (unpaired) electrons. The third-order valence-corrected chi connectivity index (χ3v) is 4.41. The average molecular weight is 300 g/mol. The number of amides is 1. The van der Waals surface area contributed by atoms with Crippen LogP contribution in [0, 0.1) is 11.3 Å². The van der Waals surface area contributed by atoms with E-state index in [1.807, 2.05) is 0 Å². The molecule has 114 valence electrons.